The first-order valence-electron chi connectivity index (χ1n) is 5.99. The third-order valence-electron chi connectivity index (χ3n) is 2.92. The molecule has 0 aliphatic heterocycles. The maximum Gasteiger partial charge on any atom is 0.407 e. The fourth-order valence-electron chi connectivity index (χ4n) is 1.91. The van der Waals surface area contributed by atoms with Crippen molar-refractivity contribution in [2.45, 2.75) is 45.6 Å². The molecule has 1 saturated carbocycles. The molecular formula is C12H21NO4. The summed E-state index contributed by atoms with van der Waals surface area (Å²) in [5.74, 6) is -0.753. The van der Waals surface area contributed by atoms with Gasteiger partial charge in [-0.1, -0.05) is 0 Å². The highest BCUT2D eigenvalue weighted by Gasteiger charge is 2.35. The lowest BCUT2D eigenvalue weighted by Gasteiger charge is -2.33. The number of carboxylic acid groups (broad SMARTS) is 1. The third-order valence-corrected chi connectivity index (χ3v) is 2.92. The van der Waals surface area contributed by atoms with Gasteiger partial charge in [0.2, 0.25) is 0 Å². The lowest BCUT2D eigenvalue weighted by atomic mass is 9.72. The molecule has 0 aromatic heterocycles. The van der Waals surface area contributed by atoms with Crippen LogP contribution in [0.2, 0.25) is 0 Å². The van der Waals surface area contributed by atoms with E-state index in [1.54, 1.807) is 20.8 Å². The molecule has 0 aromatic rings. The summed E-state index contributed by atoms with van der Waals surface area (Å²) in [6, 6.07) is 0. The number of hydrogen-bond donors (Lipinski definition) is 2. The summed E-state index contributed by atoms with van der Waals surface area (Å²) in [7, 11) is 0. The zero-order valence-corrected chi connectivity index (χ0v) is 10.7. The van der Waals surface area contributed by atoms with Crippen molar-refractivity contribution in [3.63, 3.8) is 0 Å². The number of aliphatic carboxylic acids is 1. The van der Waals surface area contributed by atoms with Crippen molar-refractivity contribution >= 4 is 12.1 Å². The van der Waals surface area contributed by atoms with E-state index in [1.165, 1.54) is 0 Å². The van der Waals surface area contributed by atoms with Gasteiger partial charge in [-0.15, -0.1) is 0 Å². The Kier molecular flexibility index (Phi) is 4.37. The number of hydrogen-bond acceptors (Lipinski definition) is 3. The third kappa shape index (κ3) is 4.63. The van der Waals surface area contributed by atoms with E-state index >= 15 is 0 Å². The van der Waals surface area contributed by atoms with Crippen molar-refractivity contribution in [3.8, 4) is 0 Å². The van der Waals surface area contributed by atoms with E-state index in [0.29, 0.717) is 13.0 Å². The number of nitrogens with one attached hydrogen (secondary N) is 1. The van der Waals surface area contributed by atoms with E-state index in [4.69, 9.17) is 9.84 Å². The molecule has 0 aromatic carbocycles. The minimum atomic E-state index is -0.724. The van der Waals surface area contributed by atoms with Crippen LogP contribution in [0.1, 0.15) is 40.0 Å². The van der Waals surface area contributed by atoms with Gasteiger partial charge in [-0.25, -0.2) is 4.79 Å². The highest BCUT2D eigenvalue weighted by atomic mass is 16.6. The molecule has 5 heteroatoms. The molecule has 1 aliphatic carbocycles. The fourth-order valence-corrected chi connectivity index (χ4v) is 1.91. The van der Waals surface area contributed by atoms with Crippen LogP contribution >= 0.6 is 0 Å². The normalized spacial score (nSPS) is 23.7. The first-order chi connectivity index (χ1) is 7.79. The number of carboxylic acids is 1. The zero-order chi connectivity index (χ0) is 13.1. The SMILES string of the molecule is CC(C)(C)OC(=O)NCCC1CCC1C(=O)O. The first-order valence-corrected chi connectivity index (χ1v) is 5.99. The quantitative estimate of drug-likeness (QED) is 0.792. The number of rotatable bonds is 4. The summed E-state index contributed by atoms with van der Waals surface area (Å²) in [4.78, 5) is 22.1. The summed E-state index contributed by atoms with van der Waals surface area (Å²) in [5.41, 5.74) is -0.496. The number of ether oxygens (including phenoxy) is 1. The van der Waals surface area contributed by atoms with Gasteiger partial charge in [0.1, 0.15) is 5.60 Å². The lowest BCUT2D eigenvalue weighted by molar-refractivity contribution is -0.147. The Bertz CT molecular complexity index is 295. The molecule has 1 rings (SSSR count). The second-order valence-electron chi connectivity index (χ2n) is 5.50. The topological polar surface area (TPSA) is 75.6 Å². The van der Waals surface area contributed by atoms with Crippen molar-refractivity contribution in [1.82, 2.24) is 5.32 Å². The molecule has 0 bridgehead atoms. The molecule has 2 unspecified atom stereocenters. The van der Waals surface area contributed by atoms with E-state index in [0.717, 1.165) is 12.8 Å². The molecule has 98 valence electrons. The predicted molar refractivity (Wildman–Crippen MR) is 62.7 cm³/mol. The lowest BCUT2D eigenvalue weighted by Crippen LogP contribution is -2.37. The molecule has 17 heavy (non-hydrogen) atoms. The standard InChI is InChI=1S/C12H21NO4/c1-12(2,3)17-11(16)13-7-6-8-4-5-9(8)10(14)15/h8-9H,4-7H2,1-3H3,(H,13,16)(H,14,15). The van der Waals surface area contributed by atoms with Gasteiger partial charge in [0, 0.05) is 6.54 Å². The van der Waals surface area contributed by atoms with E-state index in [2.05, 4.69) is 5.32 Å². The minimum Gasteiger partial charge on any atom is -0.481 e. The second kappa shape index (κ2) is 5.38. The summed E-state index contributed by atoms with van der Waals surface area (Å²) in [5, 5.41) is 11.5. The van der Waals surface area contributed by atoms with E-state index < -0.39 is 17.7 Å². The molecule has 2 atom stereocenters. The first kappa shape index (κ1) is 13.8. The molecule has 1 aliphatic rings. The monoisotopic (exact) mass is 243 g/mol. The molecule has 1 amide bonds. The van der Waals surface area contributed by atoms with Crippen LogP contribution in [0.5, 0.6) is 0 Å². The van der Waals surface area contributed by atoms with Crippen molar-refractivity contribution in [1.29, 1.82) is 0 Å². The Morgan fingerprint density at radius 2 is 2.00 bits per heavy atom. The van der Waals surface area contributed by atoms with Crippen LogP contribution < -0.4 is 5.32 Å². The van der Waals surface area contributed by atoms with Gasteiger partial charge in [0.05, 0.1) is 5.92 Å². The number of amides is 1. The molecular weight excluding hydrogens is 222 g/mol. The Morgan fingerprint density at radius 1 is 1.35 bits per heavy atom. The Morgan fingerprint density at radius 3 is 2.41 bits per heavy atom. The summed E-state index contributed by atoms with van der Waals surface area (Å²) in [6.07, 6.45) is 1.96. The van der Waals surface area contributed by atoms with Gasteiger partial charge in [0.15, 0.2) is 0 Å². The molecule has 0 spiro atoms. The maximum absolute atomic E-state index is 11.3. The second-order valence-corrected chi connectivity index (χ2v) is 5.50. The average molecular weight is 243 g/mol. The van der Waals surface area contributed by atoms with Crippen LogP contribution in [-0.4, -0.2) is 29.3 Å². The molecule has 0 heterocycles. The van der Waals surface area contributed by atoms with Crippen LogP contribution in [0.3, 0.4) is 0 Å². The van der Waals surface area contributed by atoms with Crippen molar-refractivity contribution in [2.75, 3.05) is 6.54 Å². The molecule has 0 radical (unpaired) electrons. The predicted octanol–water partition coefficient (Wildman–Crippen LogP) is 2.01. The molecule has 2 N–H and O–H groups in total. The Hall–Kier alpha value is -1.26. The summed E-state index contributed by atoms with van der Waals surface area (Å²) < 4.78 is 5.08. The van der Waals surface area contributed by atoms with Gasteiger partial charge >= 0.3 is 12.1 Å². The highest BCUT2D eigenvalue weighted by Crippen LogP contribution is 2.36. The number of alkyl carbamates (subject to hydrolysis) is 1. The molecule has 1 fully saturated rings. The largest absolute Gasteiger partial charge is 0.481 e. The number of carbonyl (C=O) groups is 2. The Balaban J connectivity index is 2.16. The van der Waals surface area contributed by atoms with E-state index in [-0.39, 0.29) is 11.8 Å². The van der Waals surface area contributed by atoms with E-state index in [1.807, 2.05) is 0 Å². The minimum absolute atomic E-state index is 0.197. The van der Waals surface area contributed by atoms with Gasteiger partial charge in [-0.05, 0) is 46.0 Å². The van der Waals surface area contributed by atoms with Crippen LogP contribution in [-0.2, 0) is 9.53 Å². The molecule has 5 nitrogen and oxygen atoms in total. The van der Waals surface area contributed by atoms with Crippen molar-refractivity contribution in [2.24, 2.45) is 11.8 Å². The average Bonchev–Trinajstić information content (AvgIpc) is 2.06. The fraction of sp³-hybridized carbons (Fsp3) is 0.833. The van der Waals surface area contributed by atoms with Gasteiger partial charge < -0.3 is 15.2 Å². The van der Waals surface area contributed by atoms with Crippen molar-refractivity contribution in [3.05, 3.63) is 0 Å². The Labute approximate surface area is 102 Å². The highest BCUT2D eigenvalue weighted by molar-refractivity contribution is 5.71. The smallest absolute Gasteiger partial charge is 0.407 e. The summed E-state index contributed by atoms with van der Waals surface area (Å²) >= 11 is 0. The van der Waals surface area contributed by atoms with Crippen LogP contribution in [0.4, 0.5) is 4.79 Å². The zero-order valence-electron chi connectivity index (χ0n) is 10.7. The number of carbonyl (C=O) groups excluding carboxylic acids is 1. The van der Waals surface area contributed by atoms with Crippen LogP contribution in [0, 0.1) is 11.8 Å². The van der Waals surface area contributed by atoms with E-state index in [9.17, 15) is 9.59 Å². The van der Waals surface area contributed by atoms with Gasteiger partial charge in [-0.3, -0.25) is 4.79 Å². The van der Waals surface area contributed by atoms with Crippen molar-refractivity contribution < 1.29 is 19.4 Å². The van der Waals surface area contributed by atoms with Crippen LogP contribution in [0.15, 0.2) is 0 Å². The maximum atomic E-state index is 11.3. The van der Waals surface area contributed by atoms with Crippen LogP contribution in [0.25, 0.3) is 0 Å². The van der Waals surface area contributed by atoms with Gasteiger partial charge in [-0.2, -0.15) is 0 Å². The van der Waals surface area contributed by atoms with Gasteiger partial charge in [0.25, 0.3) is 0 Å². The molecule has 0 saturated heterocycles. The summed E-state index contributed by atoms with van der Waals surface area (Å²) in [6.45, 7) is 5.89.